The van der Waals surface area contributed by atoms with Crippen molar-refractivity contribution in [1.82, 2.24) is 24.1 Å². The average molecular weight is 1710 g/mol. The van der Waals surface area contributed by atoms with Gasteiger partial charge in [0.1, 0.15) is 11.6 Å². The molecule has 0 aliphatic rings. The first kappa shape index (κ1) is 79.8. The fraction of sp³-hybridized carbons (Fsp3) is 0. The molecule has 0 unspecified atom stereocenters. The molecule has 0 aliphatic carbocycles. The highest BCUT2D eigenvalue weighted by Crippen LogP contribution is 2.46. The molecule has 3 heterocycles. The van der Waals surface area contributed by atoms with Gasteiger partial charge in [-0.2, -0.15) is 0 Å². The van der Waals surface area contributed by atoms with Crippen molar-refractivity contribution in [2.75, 3.05) is 9.80 Å². The SMILES string of the molecule is Fc1c(F)c(F)c(-c2ccc(N(c3ccc(-c4ccc5c(c4)c4ccccc4n5-c4ccccc4)cc3)c3ccc4c5ccccc5c5ccccc5c4c3)cc2)c(F)c1F.Fc1ccc(-c2ccc(N(c3ccc(-c4ccc(F)cc4)cc3)c3ccc(-c4ccc5c(c4)c4ccccc4n5-c4ccc(-c5nc(-c6ccccc6)nc(-c6ccccc6)n5)cc4)cc3)cc2)cc1. The number of benzene rings is 20. The Morgan fingerprint density at radius 3 is 0.817 bits per heavy atom. The Hall–Kier alpha value is -17.1. The summed E-state index contributed by atoms with van der Waals surface area (Å²) >= 11 is 0. The van der Waals surface area contributed by atoms with Crippen LogP contribution in [-0.2, 0) is 0 Å². The van der Waals surface area contributed by atoms with Gasteiger partial charge in [-0.3, -0.25) is 0 Å². The normalized spacial score (nSPS) is 11.5. The van der Waals surface area contributed by atoms with Crippen LogP contribution in [0.2, 0.25) is 0 Å². The molecule has 0 saturated heterocycles. The lowest BCUT2D eigenvalue weighted by Gasteiger charge is -2.27. The Morgan fingerprint density at radius 2 is 0.427 bits per heavy atom. The monoisotopic (exact) mass is 1710 g/mol. The molecule has 0 atom stereocenters. The van der Waals surface area contributed by atoms with E-state index in [1.165, 1.54) is 36.4 Å². The summed E-state index contributed by atoms with van der Waals surface area (Å²) in [5.41, 5.74) is 21.4. The molecule has 0 amide bonds. The highest BCUT2D eigenvalue weighted by atomic mass is 19.2. The van der Waals surface area contributed by atoms with Crippen molar-refractivity contribution < 1.29 is 30.7 Å². The number of hydrogen-bond acceptors (Lipinski definition) is 5. The van der Waals surface area contributed by atoms with E-state index in [9.17, 15) is 30.7 Å². The molecule has 7 nitrogen and oxygen atoms in total. The standard InChI is InChI=1S/C63H41F2N5.C54H31F5N2/c64-51-28-15-42(16-29-51)44-19-32-53(33-20-44)69(54-34-21-45(22-35-54)43-17-30-52(65)31-18-43)55-36-23-46(24-37-55)50-27-40-60-58(41-50)57-13-7-8-14-59(57)70(60)56-38-25-49(26-39-56)63-67-61(47-9-3-1-4-10-47)66-62(68-63)48-11-5-2-6-12-48;55-50-49(51(56)53(58)54(59)52(50)57)33-20-25-37(26-21-33)60(38-27-28-43-41-14-5-4-12-39(41)40-13-6-7-15-42(40)45(43)31-38)36-23-18-32(19-24-36)34-22-29-48-46(30-34)44-16-8-9-17-47(44)61(48)35-10-2-1-3-11-35/h1-41H;1-31H. The van der Waals surface area contributed by atoms with Crippen LogP contribution in [0, 0.1) is 40.7 Å². The van der Waals surface area contributed by atoms with Gasteiger partial charge in [-0.25, -0.2) is 45.7 Å². The zero-order chi connectivity index (χ0) is 88.3. The molecular weight excluding hydrogens is 1640 g/mol. The molecule has 0 saturated carbocycles. The Labute approximate surface area is 748 Å². The molecule has 0 spiro atoms. The third-order valence-corrected chi connectivity index (χ3v) is 24.6. The van der Waals surface area contributed by atoms with Crippen molar-refractivity contribution in [3.63, 3.8) is 0 Å². The fourth-order valence-electron chi connectivity index (χ4n) is 18.2. The van der Waals surface area contributed by atoms with Gasteiger partial charge in [-0.1, -0.05) is 267 Å². The summed E-state index contributed by atoms with van der Waals surface area (Å²) in [5.74, 6) is -8.59. The number of fused-ring (bicyclic) bond motifs is 12. The van der Waals surface area contributed by atoms with Crippen molar-refractivity contribution in [2.24, 2.45) is 0 Å². The van der Waals surface area contributed by atoms with Crippen LogP contribution in [0.3, 0.4) is 0 Å². The van der Waals surface area contributed by atoms with E-state index in [2.05, 4.69) is 257 Å². The van der Waals surface area contributed by atoms with E-state index in [1.54, 1.807) is 36.4 Å². The summed E-state index contributed by atoms with van der Waals surface area (Å²) in [5, 5.41) is 11.2. The number of rotatable bonds is 16. The van der Waals surface area contributed by atoms with Gasteiger partial charge in [-0.15, -0.1) is 0 Å². The molecule has 0 aliphatic heterocycles. The lowest BCUT2D eigenvalue weighted by atomic mass is 9.94. The summed E-state index contributed by atoms with van der Waals surface area (Å²) in [4.78, 5) is 19.0. The first-order valence-electron chi connectivity index (χ1n) is 42.9. The minimum absolute atomic E-state index is 0.146. The van der Waals surface area contributed by atoms with E-state index in [1.807, 2.05) is 126 Å². The van der Waals surface area contributed by atoms with Gasteiger partial charge in [0, 0.05) is 83.7 Å². The number of nitrogens with zero attached hydrogens (tertiary/aromatic N) is 7. The fourth-order valence-corrected chi connectivity index (χ4v) is 18.2. The van der Waals surface area contributed by atoms with Gasteiger partial charge in [0.25, 0.3) is 0 Å². The summed E-state index contributed by atoms with van der Waals surface area (Å²) in [7, 11) is 0. The maximum absolute atomic E-state index is 15.0. The zero-order valence-electron chi connectivity index (χ0n) is 69.8. The molecule has 23 rings (SSSR count). The smallest absolute Gasteiger partial charge is 0.200 e. The van der Waals surface area contributed by atoms with Crippen LogP contribution < -0.4 is 9.80 Å². The number of para-hydroxylation sites is 3. The van der Waals surface area contributed by atoms with Gasteiger partial charge in [0.2, 0.25) is 5.82 Å². The van der Waals surface area contributed by atoms with Crippen molar-refractivity contribution in [3.05, 3.63) is 477 Å². The van der Waals surface area contributed by atoms with Gasteiger partial charge >= 0.3 is 0 Å². The average Bonchev–Trinajstić information content (AvgIpc) is 1.30. The van der Waals surface area contributed by atoms with Crippen LogP contribution in [0.1, 0.15) is 0 Å². The molecule has 0 fully saturated rings. The summed E-state index contributed by atoms with van der Waals surface area (Å²) < 4.78 is 105. The predicted molar refractivity (Wildman–Crippen MR) is 520 cm³/mol. The van der Waals surface area contributed by atoms with Gasteiger partial charge in [0.15, 0.2) is 40.7 Å². The maximum Gasteiger partial charge on any atom is 0.200 e. The number of halogens is 7. The van der Waals surface area contributed by atoms with Crippen LogP contribution in [0.25, 0.3) is 177 Å². The van der Waals surface area contributed by atoms with Crippen LogP contribution >= 0.6 is 0 Å². The molecule has 14 heteroatoms. The van der Waals surface area contributed by atoms with Crippen molar-refractivity contribution in [2.45, 2.75) is 0 Å². The van der Waals surface area contributed by atoms with Gasteiger partial charge in [-0.05, 0) is 252 Å². The van der Waals surface area contributed by atoms with Gasteiger partial charge in [0.05, 0.1) is 27.6 Å². The highest BCUT2D eigenvalue weighted by Gasteiger charge is 2.28. The quantitative estimate of drug-likeness (QED) is 0.0418. The first-order valence-corrected chi connectivity index (χ1v) is 42.9. The Morgan fingerprint density at radius 1 is 0.168 bits per heavy atom. The van der Waals surface area contributed by atoms with E-state index < -0.39 is 34.6 Å². The largest absolute Gasteiger partial charge is 0.311 e. The second kappa shape index (κ2) is 33.7. The summed E-state index contributed by atoms with van der Waals surface area (Å²) in [6, 6.07) is 144. The molecule has 0 radical (unpaired) electrons. The summed E-state index contributed by atoms with van der Waals surface area (Å²) in [6.45, 7) is 0. The zero-order valence-corrected chi connectivity index (χ0v) is 69.8. The Bertz CT molecular complexity index is 8080. The maximum atomic E-state index is 15.0. The van der Waals surface area contributed by atoms with Crippen molar-refractivity contribution in [1.29, 1.82) is 0 Å². The van der Waals surface area contributed by atoms with Crippen LogP contribution in [0.4, 0.5) is 64.9 Å². The molecule has 3 aromatic heterocycles. The Kier molecular flexibility index (Phi) is 20.5. The Balaban J connectivity index is 0.000000155. The minimum atomic E-state index is -2.19. The van der Waals surface area contributed by atoms with Gasteiger partial charge < -0.3 is 18.9 Å². The third-order valence-electron chi connectivity index (χ3n) is 24.6. The molecule has 131 heavy (non-hydrogen) atoms. The summed E-state index contributed by atoms with van der Waals surface area (Å²) in [6.07, 6.45) is 0. The molecule has 20 aromatic carbocycles. The van der Waals surface area contributed by atoms with E-state index in [-0.39, 0.29) is 17.2 Å². The minimum Gasteiger partial charge on any atom is -0.311 e. The number of hydrogen-bond donors (Lipinski definition) is 0. The molecule has 0 N–H and O–H groups in total. The van der Waals surface area contributed by atoms with E-state index in [0.717, 1.165) is 177 Å². The van der Waals surface area contributed by atoms with Crippen LogP contribution in [-0.4, -0.2) is 24.1 Å². The molecular formula is C117H72F7N7. The van der Waals surface area contributed by atoms with E-state index in [4.69, 9.17) is 15.0 Å². The second-order valence-electron chi connectivity index (χ2n) is 32.3. The van der Waals surface area contributed by atoms with E-state index in [0.29, 0.717) is 23.2 Å². The van der Waals surface area contributed by atoms with E-state index >= 15 is 0 Å². The third kappa shape index (κ3) is 14.8. The topological polar surface area (TPSA) is 55.0 Å². The lowest BCUT2D eigenvalue weighted by molar-refractivity contribution is 0.381. The lowest BCUT2D eigenvalue weighted by Crippen LogP contribution is -2.10. The predicted octanol–water partition coefficient (Wildman–Crippen LogP) is 32.5. The highest BCUT2D eigenvalue weighted by molar-refractivity contribution is 6.26. The van der Waals surface area contributed by atoms with Crippen molar-refractivity contribution >= 4 is 110 Å². The molecule has 624 valence electrons. The first-order chi connectivity index (χ1) is 64.3. The van der Waals surface area contributed by atoms with Crippen molar-refractivity contribution in [3.8, 4) is 101 Å². The second-order valence-corrected chi connectivity index (χ2v) is 32.3. The van der Waals surface area contributed by atoms with Crippen LogP contribution in [0.15, 0.2) is 437 Å². The molecule has 23 aromatic rings. The van der Waals surface area contributed by atoms with Crippen LogP contribution in [0.5, 0.6) is 0 Å². The molecule has 0 bridgehead atoms. The number of anilines is 6. The number of aromatic nitrogens is 5.